The second kappa shape index (κ2) is 7.26. The first kappa shape index (κ1) is 17.3. The number of pyridine rings is 1. The van der Waals surface area contributed by atoms with Gasteiger partial charge in [0.15, 0.2) is 0 Å². The Morgan fingerprint density at radius 1 is 1.22 bits per heavy atom. The molecule has 0 aliphatic carbocycles. The second-order valence-electron chi connectivity index (χ2n) is 6.85. The fourth-order valence-corrected chi connectivity index (χ4v) is 3.75. The van der Waals surface area contributed by atoms with E-state index in [1.54, 1.807) is 32.6 Å². The third-order valence-corrected chi connectivity index (χ3v) is 5.08. The Hall–Kier alpha value is -3.09. The SMILES string of the molecule is Cc1noc(C)c1C(=O)N1CCC[C@@H](c2ncncc2-c2ccncc2)C1. The summed E-state index contributed by atoms with van der Waals surface area (Å²) in [5.41, 5.74) is 4.23. The molecule has 0 aromatic carbocycles. The molecule has 1 amide bonds. The van der Waals surface area contributed by atoms with Gasteiger partial charge in [-0.25, -0.2) is 9.97 Å². The van der Waals surface area contributed by atoms with E-state index in [0.29, 0.717) is 23.6 Å². The average Bonchev–Trinajstić information content (AvgIpc) is 3.06. The van der Waals surface area contributed by atoms with E-state index < -0.39 is 0 Å². The Labute approximate surface area is 157 Å². The monoisotopic (exact) mass is 363 g/mol. The summed E-state index contributed by atoms with van der Waals surface area (Å²) in [4.78, 5) is 27.8. The van der Waals surface area contributed by atoms with Gasteiger partial charge in [0.1, 0.15) is 17.7 Å². The van der Waals surface area contributed by atoms with Crippen molar-refractivity contribution in [2.45, 2.75) is 32.6 Å². The molecule has 7 nitrogen and oxygen atoms in total. The van der Waals surface area contributed by atoms with Gasteiger partial charge in [0.05, 0.1) is 11.4 Å². The van der Waals surface area contributed by atoms with Crippen LogP contribution in [-0.2, 0) is 0 Å². The van der Waals surface area contributed by atoms with E-state index in [0.717, 1.165) is 36.2 Å². The van der Waals surface area contributed by atoms with Crippen molar-refractivity contribution >= 4 is 5.91 Å². The Balaban J connectivity index is 1.62. The Kier molecular flexibility index (Phi) is 4.66. The maximum absolute atomic E-state index is 13.0. The predicted molar refractivity (Wildman–Crippen MR) is 99.1 cm³/mol. The summed E-state index contributed by atoms with van der Waals surface area (Å²) in [6.07, 6.45) is 8.86. The lowest BCUT2D eigenvalue weighted by Crippen LogP contribution is -2.39. The first-order valence-electron chi connectivity index (χ1n) is 9.07. The molecule has 0 spiro atoms. The van der Waals surface area contributed by atoms with E-state index in [4.69, 9.17) is 4.52 Å². The highest BCUT2D eigenvalue weighted by molar-refractivity contribution is 5.96. The lowest BCUT2D eigenvalue weighted by molar-refractivity contribution is 0.0703. The van der Waals surface area contributed by atoms with Crippen LogP contribution < -0.4 is 0 Å². The molecule has 0 radical (unpaired) electrons. The van der Waals surface area contributed by atoms with E-state index in [9.17, 15) is 4.79 Å². The largest absolute Gasteiger partial charge is 0.361 e. The average molecular weight is 363 g/mol. The lowest BCUT2D eigenvalue weighted by Gasteiger charge is -2.33. The molecular formula is C20H21N5O2. The molecule has 0 N–H and O–H groups in total. The highest BCUT2D eigenvalue weighted by atomic mass is 16.5. The molecule has 0 saturated carbocycles. The predicted octanol–water partition coefficient (Wildman–Crippen LogP) is 3.16. The quantitative estimate of drug-likeness (QED) is 0.710. The highest BCUT2D eigenvalue weighted by Gasteiger charge is 2.30. The number of likely N-dealkylation sites (tertiary alicyclic amines) is 1. The zero-order chi connectivity index (χ0) is 18.8. The number of nitrogens with zero attached hydrogens (tertiary/aromatic N) is 5. The van der Waals surface area contributed by atoms with Crippen LogP contribution in [-0.4, -0.2) is 44.0 Å². The molecule has 4 heterocycles. The van der Waals surface area contributed by atoms with Gasteiger partial charge in [0, 0.05) is 43.2 Å². The normalized spacial score (nSPS) is 17.1. The summed E-state index contributed by atoms with van der Waals surface area (Å²) >= 11 is 0. The lowest BCUT2D eigenvalue weighted by atomic mass is 9.90. The Bertz CT molecular complexity index is 935. The third kappa shape index (κ3) is 3.32. The van der Waals surface area contributed by atoms with E-state index in [1.807, 2.05) is 23.2 Å². The summed E-state index contributed by atoms with van der Waals surface area (Å²) in [6.45, 7) is 4.94. The maximum atomic E-state index is 13.0. The van der Waals surface area contributed by atoms with Gasteiger partial charge in [-0.1, -0.05) is 5.16 Å². The number of hydrogen-bond acceptors (Lipinski definition) is 6. The number of carbonyl (C=O) groups excluding carboxylic acids is 1. The summed E-state index contributed by atoms with van der Waals surface area (Å²) in [6, 6.07) is 3.91. The number of piperidine rings is 1. The molecule has 3 aromatic heterocycles. The molecule has 1 aliphatic rings. The minimum atomic E-state index is -0.0181. The van der Waals surface area contributed by atoms with Crippen LogP contribution in [0.4, 0.5) is 0 Å². The van der Waals surface area contributed by atoms with E-state index in [2.05, 4.69) is 20.1 Å². The molecule has 0 unspecified atom stereocenters. The number of carbonyl (C=O) groups is 1. The molecule has 1 fully saturated rings. The molecule has 1 atom stereocenters. The third-order valence-electron chi connectivity index (χ3n) is 5.08. The minimum absolute atomic E-state index is 0.0181. The number of aryl methyl sites for hydroxylation is 2. The van der Waals surface area contributed by atoms with Crippen molar-refractivity contribution in [1.82, 2.24) is 25.0 Å². The summed E-state index contributed by atoms with van der Waals surface area (Å²) in [5.74, 6) is 0.712. The van der Waals surface area contributed by atoms with Crippen molar-refractivity contribution in [2.24, 2.45) is 0 Å². The summed E-state index contributed by atoms with van der Waals surface area (Å²) in [5, 5.41) is 3.91. The van der Waals surface area contributed by atoms with Crippen molar-refractivity contribution in [3.63, 3.8) is 0 Å². The highest BCUT2D eigenvalue weighted by Crippen LogP contribution is 2.33. The first-order valence-corrected chi connectivity index (χ1v) is 9.07. The standard InChI is InChI=1S/C20H21N5O2/c1-13-18(14(2)27-24-13)20(26)25-9-3-4-16(11-25)19-17(10-22-12-23-19)15-5-7-21-8-6-15/h5-8,10,12,16H,3-4,9,11H2,1-2H3/t16-/m1/s1. The molecule has 7 heteroatoms. The van der Waals surface area contributed by atoms with E-state index >= 15 is 0 Å². The van der Waals surface area contributed by atoms with E-state index in [-0.39, 0.29) is 11.8 Å². The van der Waals surface area contributed by atoms with Gasteiger partial charge in [-0.3, -0.25) is 9.78 Å². The Morgan fingerprint density at radius 2 is 2.04 bits per heavy atom. The van der Waals surface area contributed by atoms with Gasteiger partial charge in [-0.05, 0) is 44.4 Å². The number of aromatic nitrogens is 4. The molecule has 1 saturated heterocycles. The van der Waals surface area contributed by atoms with Gasteiger partial charge in [0.2, 0.25) is 0 Å². The molecule has 4 rings (SSSR count). The Morgan fingerprint density at radius 3 is 2.78 bits per heavy atom. The van der Waals surface area contributed by atoms with Gasteiger partial charge in [-0.2, -0.15) is 0 Å². The van der Waals surface area contributed by atoms with Crippen LogP contribution in [0.25, 0.3) is 11.1 Å². The number of rotatable bonds is 3. The molecule has 3 aromatic rings. The summed E-state index contributed by atoms with van der Waals surface area (Å²) < 4.78 is 5.17. The molecule has 1 aliphatic heterocycles. The smallest absolute Gasteiger partial charge is 0.259 e. The molecular weight excluding hydrogens is 342 g/mol. The van der Waals surface area contributed by atoms with E-state index in [1.165, 1.54) is 0 Å². The van der Waals surface area contributed by atoms with Crippen molar-refractivity contribution in [3.05, 3.63) is 59.8 Å². The molecule has 138 valence electrons. The zero-order valence-corrected chi connectivity index (χ0v) is 15.4. The zero-order valence-electron chi connectivity index (χ0n) is 15.4. The van der Waals surface area contributed by atoms with Gasteiger partial charge >= 0.3 is 0 Å². The van der Waals surface area contributed by atoms with Crippen LogP contribution in [0.15, 0.2) is 41.6 Å². The number of amides is 1. The summed E-state index contributed by atoms with van der Waals surface area (Å²) in [7, 11) is 0. The van der Waals surface area contributed by atoms with Crippen LogP contribution in [0.1, 0.15) is 46.3 Å². The fourth-order valence-electron chi connectivity index (χ4n) is 3.75. The van der Waals surface area contributed by atoms with Crippen LogP contribution in [0.5, 0.6) is 0 Å². The number of hydrogen-bond donors (Lipinski definition) is 0. The van der Waals surface area contributed by atoms with Crippen molar-refractivity contribution in [3.8, 4) is 11.1 Å². The molecule has 27 heavy (non-hydrogen) atoms. The minimum Gasteiger partial charge on any atom is -0.361 e. The van der Waals surface area contributed by atoms with Crippen molar-refractivity contribution < 1.29 is 9.32 Å². The van der Waals surface area contributed by atoms with Gasteiger partial charge in [0.25, 0.3) is 5.91 Å². The maximum Gasteiger partial charge on any atom is 0.259 e. The first-order chi connectivity index (χ1) is 13.1. The topological polar surface area (TPSA) is 85.0 Å². The van der Waals surface area contributed by atoms with Crippen LogP contribution in [0, 0.1) is 13.8 Å². The molecule has 0 bridgehead atoms. The van der Waals surface area contributed by atoms with Crippen LogP contribution >= 0.6 is 0 Å². The van der Waals surface area contributed by atoms with Crippen LogP contribution in [0.3, 0.4) is 0 Å². The second-order valence-corrected chi connectivity index (χ2v) is 6.85. The van der Waals surface area contributed by atoms with Crippen molar-refractivity contribution in [1.29, 1.82) is 0 Å². The van der Waals surface area contributed by atoms with Crippen molar-refractivity contribution in [2.75, 3.05) is 13.1 Å². The van der Waals surface area contributed by atoms with Gasteiger partial charge < -0.3 is 9.42 Å². The van der Waals surface area contributed by atoms with Crippen LogP contribution in [0.2, 0.25) is 0 Å². The van der Waals surface area contributed by atoms with Gasteiger partial charge in [-0.15, -0.1) is 0 Å². The fraction of sp³-hybridized carbons (Fsp3) is 0.350.